The maximum absolute atomic E-state index is 12.4. The van der Waals surface area contributed by atoms with E-state index in [-0.39, 0.29) is 17.5 Å². The monoisotopic (exact) mass is 531 g/mol. The van der Waals surface area contributed by atoms with E-state index in [1.165, 1.54) is 17.5 Å². The van der Waals surface area contributed by atoms with Crippen molar-refractivity contribution in [3.05, 3.63) is 124 Å². The quantitative estimate of drug-likeness (QED) is 0.205. The molecule has 1 aliphatic rings. The minimum Gasteiger partial charge on any atom is -0.348 e. The molecule has 0 atom stereocenters. The minimum atomic E-state index is -0.395. The molecule has 0 spiro atoms. The second-order valence-corrected chi connectivity index (χ2v) is 9.85. The summed E-state index contributed by atoms with van der Waals surface area (Å²) in [5.41, 5.74) is 4.74. The number of aromatic nitrogens is 3. The summed E-state index contributed by atoms with van der Waals surface area (Å²) in [7, 11) is 0. The third kappa shape index (κ3) is 5.06. The molecule has 3 aromatic carbocycles. The number of hydrogen-bond donors (Lipinski definition) is 1. The van der Waals surface area contributed by atoms with Crippen molar-refractivity contribution >= 4 is 33.9 Å². The van der Waals surface area contributed by atoms with E-state index in [1.807, 2.05) is 54.3 Å². The van der Waals surface area contributed by atoms with Crippen molar-refractivity contribution in [2.45, 2.75) is 13.0 Å². The molecular formula is C31H29N7O2. The van der Waals surface area contributed by atoms with Crippen LogP contribution in [0.1, 0.15) is 22.9 Å². The molecule has 1 fully saturated rings. The fraction of sp³-hybridized carbons (Fsp3) is 0.194. The molecule has 9 nitrogen and oxygen atoms in total. The Balaban J connectivity index is 1.27. The second-order valence-electron chi connectivity index (χ2n) is 9.85. The maximum Gasteiger partial charge on any atom is 0.353 e. The summed E-state index contributed by atoms with van der Waals surface area (Å²) >= 11 is 0. The Morgan fingerprint density at radius 2 is 1.50 bits per heavy atom. The van der Waals surface area contributed by atoms with Gasteiger partial charge in [0.2, 0.25) is 11.6 Å². The van der Waals surface area contributed by atoms with Gasteiger partial charge in [-0.3, -0.25) is 20.0 Å². The molecule has 0 unspecified atom stereocenters. The van der Waals surface area contributed by atoms with E-state index in [2.05, 4.69) is 73.7 Å². The largest absolute Gasteiger partial charge is 0.353 e. The van der Waals surface area contributed by atoms with Gasteiger partial charge in [-0.25, -0.2) is 9.97 Å². The summed E-state index contributed by atoms with van der Waals surface area (Å²) < 4.78 is 0. The first-order valence-electron chi connectivity index (χ1n) is 13.3. The van der Waals surface area contributed by atoms with Crippen LogP contribution in [0.3, 0.4) is 0 Å². The van der Waals surface area contributed by atoms with Gasteiger partial charge in [0, 0.05) is 42.9 Å². The third-order valence-electron chi connectivity index (χ3n) is 7.32. The number of fused-ring (bicyclic) bond motifs is 1. The van der Waals surface area contributed by atoms with Crippen molar-refractivity contribution in [1.29, 1.82) is 0 Å². The van der Waals surface area contributed by atoms with E-state index < -0.39 is 4.92 Å². The first-order valence-corrected chi connectivity index (χ1v) is 13.3. The standard InChI is InChI=1S/C31H29N7O2/c1-22-15-16-25-26(34-22)13-8-14-27(25)35-30-29(38(39)40)31(33-21-32-30)37-19-17-36(18-20-37)28(23-9-4-2-5-10-23)24-11-6-3-7-12-24/h2-16,21,28H,17-20H2,1H3,(H,32,33,35). The number of rotatable bonds is 7. The average molecular weight is 532 g/mol. The number of aryl methyl sites for hydroxylation is 1. The fourth-order valence-electron chi connectivity index (χ4n) is 5.43. The molecule has 0 amide bonds. The maximum atomic E-state index is 12.4. The lowest BCUT2D eigenvalue weighted by molar-refractivity contribution is -0.383. The zero-order chi connectivity index (χ0) is 27.5. The molecule has 6 rings (SSSR count). The summed E-state index contributed by atoms with van der Waals surface area (Å²) in [5, 5.41) is 16.4. The summed E-state index contributed by atoms with van der Waals surface area (Å²) in [6.07, 6.45) is 1.39. The molecule has 0 saturated carbocycles. The van der Waals surface area contributed by atoms with Crippen LogP contribution < -0.4 is 10.2 Å². The zero-order valence-electron chi connectivity index (χ0n) is 22.1. The topological polar surface area (TPSA) is 100 Å². The van der Waals surface area contributed by atoms with Crippen LogP contribution in [0.15, 0.2) is 97.3 Å². The highest BCUT2D eigenvalue weighted by Gasteiger charge is 2.32. The summed E-state index contributed by atoms with van der Waals surface area (Å²) in [5.74, 6) is 0.490. The van der Waals surface area contributed by atoms with Crippen LogP contribution in [0.4, 0.5) is 23.0 Å². The minimum absolute atomic E-state index is 0.103. The van der Waals surface area contributed by atoms with Gasteiger partial charge in [0.25, 0.3) is 0 Å². The Hall–Kier alpha value is -4.89. The van der Waals surface area contributed by atoms with Crippen molar-refractivity contribution in [3.63, 3.8) is 0 Å². The van der Waals surface area contributed by atoms with E-state index in [0.29, 0.717) is 24.6 Å². The predicted octanol–water partition coefficient (Wildman–Crippen LogP) is 5.90. The first kappa shape index (κ1) is 25.4. The van der Waals surface area contributed by atoms with E-state index in [4.69, 9.17) is 0 Å². The van der Waals surface area contributed by atoms with Gasteiger partial charge >= 0.3 is 5.69 Å². The highest BCUT2D eigenvalue weighted by atomic mass is 16.6. The molecule has 40 heavy (non-hydrogen) atoms. The fourth-order valence-corrected chi connectivity index (χ4v) is 5.43. The van der Waals surface area contributed by atoms with Crippen molar-refractivity contribution in [2.75, 3.05) is 36.4 Å². The van der Waals surface area contributed by atoms with E-state index in [1.54, 1.807) is 0 Å². The second kappa shape index (κ2) is 11.1. The van der Waals surface area contributed by atoms with Gasteiger partial charge in [-0.15, -0.1) is 0 Å². The molecule has 1 aliphatic heterocycles. The summed E-state index contributed by atoms with van der Waals surface area (Å²) in [6.45, 7) is 4.60. The van der Waals surface area contributed by atoms with Crippen LogP contribution >= 0.6 is 0 Å². The molecule has 2 aromatic heterocycles. The Morgan fingerprint density at radius 3 is 2.15 bits per heavy atom. The number of piperazine rings is 1. The van der Waals surface area contributed by atoms with Gasteiger partial charge in [0.1, 0.15) is 6.33 Å². The number of nitro groups is 1. The number of hydrogen-bond acceptors (Lipinski definition) is 8. The Kier molecular flexibility index (Phi) is 7.03. The number of anilines is 3. The lowest BCUT2D eigenvalue weighted by atomic mass is 9.96. The molecular weight excluding hydrogens is 502 g/mol. The summed E-state index contributed by atoms with van der Waals surface area (Å²) in [6, 6.07) is 30.6. The van der Waals surface area contributed by atoms with Crippen LogP contribution in [-0.4, -0.2) is 51.0 Å². The molecule has 0 aliphatic carbocycles. The lowest BCUT2D eigenvalue weighted by Crippen LogP contribution is -2.48. The van der Waals surface area contributed by atoms with Crippen LogP contribution in [0.5, 0.6) is 0 Å². The van der Waals surface area contributed by atoms with Crippen LogP contribution in [0, 0.1) is 17.0 Å². The van der Waals surface area contributed by atoms with Crippen molar-refractivity contribution < 1.29 is 4.92 Å². The Morgan fingerprint density at radius 1 is 0.825 bits per heavy atom. The van der Waals surface area contributed by atoms with Crippen LogP contribution in [0.2, 0.25) is 0 Å². The van der Waals surface area contributed by atoms with Gasteiger partial charge in [0.15, 0.2) is 0 Å². The Bertz CT molecular complexity index is 1600. The highest BCUT2D eigenvalue weighted by Crippen LogP contribution is 2.37. The van der Waals surface area contributed by atoms with E-state index in [0.717, 1.165) is 29.7 Å². The van der Waals surface area contributed by atoms with Gasteiger partial charge in [-0.2, -0.15) is 0 Å². The predicted molar refractivity (Wildman–Crippen MR) is 157 cm³/mol. The number of pyridine rings is 1. The lowest BCUT2D eigenvalue weighted by Gasteiger charge is -2.40. The van der Waals surface area contributed by atoms with Crippen LogP contribution in [0.25, 0.3) is 10.9 Å². The van der Waals surface area contributed by atoms with Crippen molar-refractivity contribution in [3.8, 4) is 0 Å². The Labute approximate surface area is 232 Å². The van der Waals surface area contributed by atoms with Gasteiger partial charge in [-0.05, 0) is 42.3 Å². The van der Waals surface area contributed by atoms with Crippen LogP contribution in [-0.2, 0) is 0 Å². The molecule has 0 radical (unpaired) electrons. The van der Waals surface area contributed by atoms with Gasteiger partial charge in [-0.1, -0.05) is 66.7 Å². The molecule has 0 bridgehead atoms. The molecule has 3 heterocycles. The van der Waals surface area contributed by atoms with Crippen molar-refractivity contribution in [1.82, 2.24) is 19.9 Å². The first-order chi connectivity index (χ1) is 19.6. The normalized spacial score (nSPS) is 14.0. The molecule has 1 N–H and O–H groups in total. The molecule has 5 aromatic rings. The summed E-state index contributed by atoms with van der Waals surface area (Å²) in [4.78, 5) is 29.6. The molecule has 9 heteroatoms. The average Bonchev–Trinajstić information content (AvgIpc) is 2.98. The smallest absolute Gasteiger partial charge is 0.348 e. The third-order valence-corrected chi connectivity index (χ3v) is 7.32. The number of nitrogens with zero attached hydrogens (tertiary/aromatic N) is 6. The van der Waals surface area contributed by atoms with Crippen molar-refractivity contribution in [2.24, 2.45) is 0 Å². The van der Waals surface area contributed by atoms with E-state index >= 15 is 0 Å². The number of nitrogens with one attached hydrogen (secondary N) is 1. The number of benzene rings is 3. The highest BCUT2D eigenvalue weighted by molar-refractivity contribution is 5.94. The molecule has 200 valence electrons. The van der Waals surface area contributed by atoms with Gasteiger partial charge < -0.3 is 10.2 Å². The zero-order valence-corrected chi connectivity index (χ0v) is 22.1. The molecule has 1 saturated heterocycles. The van der Waals surface area contributed by atoms with E-state index in [9.17, 15) is 10.1 Å². The van der Waals surface area contributed by atoms with Gasteiger partial charge in [0.05, 0.1) is 16.5 Å². The SMILES string of the molecule is Cc1ccc2c(Nc3ncnc(N4CCN(C(c5ccccc5)c5ccccc5)CC4)c3[N+](=O)[O-])cccc2n1.